The summed E-state index contributed by atoms with van der Waals surface area (Å²) in [4.78, 5) is 0. The monoisotopic (exact) mass is 160 g/mol. The minimum absolute atomic E-state index is 0.572. The van der Waals surface area contributed by atoms with Gasteiger partial charge in [-0.05, 0) is 12.0 Å². The highest BCUT2D eigenvalue weighted by Gasteiger charge is 2.04. The summed E-state index contributed by atoms with van der Waals surface area (Å²) in [5.74, 6) is 0. The molecule has 0 amide bonds. The molecule has 1 radical (unpaired) electrons. The van der Waals surface area contributed by atoms with Crippen LogP contribution in [0.1, 0.15) is 23.6 Å². The minimum Gasteiger partial charge on any atom is -0.385 e. The zero-order chi connectivity index (χ0) is 8.97. The van der Waals surface area contributed by atoms with Crippen LogP contribution >= 0.6 is 0 Å². The quantitative estimate of drug-likeness (QED) is 0.719. The fraction of sp³-hybridized carbons (Fsp3) is 0.200. The Bertz CT molecular complexity index is 290. The predicted molar refractivity (Wildman–Crippen MR) is 45.9 cm³/mol. The molecule has 0 fully saturated rings. The second-order valence-electron chi connectivity index (χ2n) is 2.48. The summed E-state index contributed by atoms with van der Waals surface area (Å²) >= 11 is 0. The van der Waals surface area contributed by atoms with E-state index in [2.05, 4.69) is 6.07 Å². The van der Waals surface area contributed by atoms with Gasteiger partial charge in [0.2, 0.25) is 0 Å². The first-order chi connectivity index (χ1) is 5.83. The maximum atomic E-state index is 8.79. The van der Waals surface area contributed by atoms with Crippen LogP contribution in [0.4, 0.5) is 0 Å². The standard InChI is InChI=1S/C10H10NO/c1-2-8-4-3-5-9(7-12)10(8)6-11/h3-5,7,12H,2H2,1H3. The number of aliphatic hydroxyl groups excluding tert-OH is 1. The van der Waals surface area contributed by atoms with Crippen LogP contribution < -0.4 is 0 Å². The van der Waals surface area contributed by atoms with Gasteiger partial charge in [0.1, 0.15) is 6.61 Å². The number of nitrogens with zero attached hydrogens (tertiary/aromatic N) is 1. The number of hydrogen-bond acceptors (Lipinski definition) is 2. The Morgan fingerprint density at radius 3 is 2.83 bits per heavy atom. The van der Waals surface area contributed by atoms with Crippen molar-refractivity contribution in [2.75, 3.05) is 0 Å². The molecule has 0 aromatic heterocycles. The topological polar surface area (TPSA) is 44.0 Å². The molecule has 12 heavy (non-hydrogen) atoms. The third-order valence-corrected chi connectivity index (χ3v) is 1.81. The van der Waals surface area contributed by atoms with Gasteiger partial charge < -0.3 is 5.11 Å². The van der Waals surface area contributed by atoms with Crippen LogP contribution in [0.5, 0.6) is 0 Å². The maximum Gasteiger partial charge on any atom is 0.110 e. The molecule has 0 heterocycles. The highest BCUT2D eigenvalue weighted by atomic mass is 16.3. The third-order valence-electron chi connectivity index (χ3n) is 1.81. The zero-order valence-electron chi connectivity index (χ0n) is 6.91. The van der Waals surface area contributed by atoms with E-state index in [1.54, 1.807) is 6.07 Å². The molecule has 1 N–H and O–H groups in total. The van der Waals surface area contributed by atoms with Gasteiger partial charge in [-0.25, -0.2) is 0 Å². The molecule has 1 aromatic rings. The number of aryl methyl sites for hydroxylation is 1. The molecule has 0 saturated heterocycles. The molecule has 1 rings (SSSR count). The fourth-order valence-corrected chi connectivity index (χ4v) is 1.16. The minimum atomic E-state index is 0.572. The van der Waals surface area contributed by atoms with E-state index in [9.17, 15) is 0 Å². The van der Waals surface area contributed by atoms with Crippen molar-refractivity contribution < 1.29 is 5.11 Å². The van der Waals surface area contributed by atoms with Crippen LogP contribution in [-0.4, -0.2) is 5.11 Å². The van der Waals surface area contributed by atoms with Crippen molar-refractivity contribution >= 4 is 0 Å². The average Bonchev–Trinajstić information content (AvgIpc) is 2.16. The molecular formula is C10H10NO. The van der Waals surface area contributed by atoms with E-state index < -0.39 is 0 Å². The van der Waals surface area contributed by atoms with Crippen LogP contribution in [0.15, 0.2) is 18.2 Å². The van der Waals surface area contributed by atoms with Gasteiger partial charge in [-0.2, -0.15) is 5.26 Å². The van der Waals surface area contributed by atoms with Crippen LogP contribution in [0.25, 0.3) is 0 Å². The smallest absolute Gasteiger partial charge is 0.110 e. The SMILES string of the molecule is CCc1cccc([CH]O)c1C#N. The van der Waals surface area contributed by atoms with Gasteiger partial charge in [-0.3, -0.25) is 0 Å². The van der Waals surface area contributed by atoms with Crippen LogP contribution in [0, 0.1) is 17.9 Å². The first-order valence-electron chi connectivity index (χ1n) is 3.83. The van der Waals surface area contributed by atoms with Crippen molar-refractivity contribution in [3.05, 3.63) is 41.5 Å². The van der Waals surface area contributed by atoms with Crippen LogP contribution in [0.3, 0.4) is 0 Å². The summed E-state index contributed by atoms with van der Waals surface area (Å²) in [5, 5.41) is 17.6. The summed E-state index contributed by atoms with van der Waals surface area (Å²) in [6.45, 7) is 2.95. The molecule has 61 valence electrons. The molecule has 0 aliphatic rings. The fourth-order valence-electron chi connectivity index (χ4n) is 1.16. The highest BCUT2D eigenvalue weighted by Crippen LogP contribution is 2.14. The predicted octanol–water partition coefficient (Wildman–Crippen LogP) is 2.00. The Labute approximate surface area is 72.1 Å². The molecule has 2 heteroatoms. The lowest BCUT2D eigenvalue weighted by Crippen LogP contribution is -1.93. The normalized spacial score (nSPS) is 9.42. The van der Waals surface area contributed by atoms with E-state index in [1.165, 1.54) is 0 Å². The van der Waals surface area contributed by atoms with Gasteiger partial charge >= 0.3 is 0 Å². The first-order valence-corrected chi connectivity index (χ1v) is 3.83. The second-order valence-corrected chi connectivity index (χ2v) is 2.48. The molecule has 0 aliphatic carbocycles. The van der Waals surface area contributed by atoms with Gasteiger partial charge in [0.05, 0.1) is 11.6 Å². The van der Waals surface area contributed by atoms with E-state index in [0.29, 0.717) is 11.1 Å². The number of hydrogen-bond donors (Lipinski definition) is 1. The van der Waals surface area contributed by atoms with Crippen molar-refractivity contribution in [3.63, 3.8) is 0 Å². The number of aliphatic hydroxyl groups is 1. The van der Waals surface area contributed by atoms with E-state index in [0.717, 1.165) is 18.6 Å². The Morgan fingerprint density at radius 2 is 2.33 bits per heavy atom. The molecule has 2 nitrogen and oxygen atoms in total. The lowest BCUT2D eigenvalue weighted by atomic mass is 10.0. The maximum absolute atomic E-state index is 8.79. The number of benzene rings is 1. The first kappa shape index (κ1) is 8.76. The van der Waals surface area contributed by atoms with Gasteiger partial charge in [0, 0.05) is 5.56 Å². The summed E-state index contributed by atoms with van der Waals surface area (Å²) < 4.78 is 0. The molecule has 0 unspecified atom stereocenters. The zero-order valence-corrected chi connectivity index (χ0v) is 6.91. The second kappa shape index (κ2) is 3.89. The molecule has 0 atom stereocenters. The van der Waals surface area contributed by atoms with E-state index in [-0.39, 0.29) is 0 Å². The molecule has 1 aromatic carbocycles. The highest BCUT2D eigenvalue weighted by molar-refractivity contribution is 5.46. The molecule has 0 aliphatic heterocycles. The van der Waals surface area contributed by atoms with E-state index in [4.69, 9.17) is 10.4 Å². The van der Waals surface area contributed by atoms with Gasteiger partial charge in [0.15, 0.2) is 0 Å². The molecule has 0 saturated carbocycles. The van der Waals surface area contributed by atoms with Crippen LogP contribution in [-0.2, 0) is 6.42 Å². The van der Waals surface area contributed by atoms with Crippen LogP contribution in [0.2, 0.25) is 0 Å². The van der Waals surface area contributed by atoms with E-state index in [1.807, 2.05) is 19.1 Å². The molecule has 0 spiro atoms. The summed E-state index contributed by atoms with van der Waals surface area (Å²) in [7, 11) is 0. The molecule has 0 bridgehead atoms. The summed E-state index contributed by atoms with van der Waals surface area (Å²) in [5.41, 5.74) is 2.14. The Balaban J connectivity index is 3.25. The van der Waals surface area contributed by atoms with Crippen molar-refractivity contribution in [1.82, 2.24) is 0 Å². The summed E-state index contributed by atoms with van der Waals surface area (Å²) in [6.07, 6.45) is 0.810. The average molecular weight is 160 g/mol. The lowest BCUT2D eigenvalue weighted by molar-refractivity contribution is 0.414. The van der Waals surface area contributed by atoms with Crippen molar-refractivity contribution in [2.24, 2.45) is 0 Å². The third kappa shape index (κ3) is 1.46. The molecular weight excluding hydrogens is 150 g/mol. The lowest BCUT2D eigenvalue weighted by Gasteiger charge is -2.03. The Hall–Kier alpha value is -1.33. The van der Waals surface area contributed by atoms with Gasteiger partial charge in [0.25, 0.3) is 0 Å². The van der Waals surface area contributed by atoms with Crippen molar-refractivity contribution in [3.8, 4) is 6.07 Å². The summed E-state index contributed by atoms with van der Waals surface area (Å²) in [6, 6.07) is 7.52. The van der Waals surface area contributed by atoms with Crippen molar-refractivity contribution in [1.29, 1.82) is 5.26 Å². The van der Waals surface area contributed by atoms with Gasteiger partial charge in [-0.1, -0.05) is 25.1 Å². The Morgan fingerprint density at radius 1 is 1.58 bits per heavy atom. The largest absolute Gasteiger partial charge is 0.385 e. The Kier molecular flexibility index (Phi) is 2.84. The van der Waals surface area contributed by atoms with E-state index >= 15 is 0 Å². The van der Waals surface area contributed by atoms with Crippen molar-refractivity contribution in [2.45, 2.75) is 13.3 Å². The number of rotatable bonds is 2. The number of nitriles is 1. The van der Waals surface area contributed by atoms with Gasteiger partial charge in [-0.15, -0.1) is 0 Å².